The summed E-state index contributed by atoms with van der Waals surface area (Å²) in [7, 11) is 0. The molecular weight excluding hydrogens is 340 g/mol. The lowest BCUT2D eigenvalue weighted by Crippen LogP contribution is -2.30. The molecule has 2 rings (SSSR count). The summed E-state index contributed by atoms with van der Waals surface area (Å²) in [4.78, 5) is 12.7. The van der Waals surface area contributed by atoms with Gasteiger partial charge in [-0.15, -0.1) is 11.3 Å². The fourth-order valence-corrected chi connectivity index (χ4v) is 3.33. The van der Waals surface area contributed by atoms with E-state index in [1.807, 2.05) is 12.1 Å². The van der Waals surface area contributed by atoms with Crippen molar-refractivity contribution < 1.29 is 14.8 Å². The second kappa shape index (κ2) is 9.62. The Bertz CT molecular complexity index is 687. The van der Waals surface area contributed by atoms with Gasteiger partial charge in [0.05, 0.1) is 23.2 Å². The highest BCUT2D eigenvalue weighted by atomic mass is 32.1. The van der Waals surface area contributed by atoms with Gasteiger partial charge in [0.25, 0.3) is 5.69 Å². The fourth-order valence-electron chi connectivity index (χ4n) is 2.32. The standard InChI is InChI=1S/C18H24N2O4S/c1-13(2)11-24-12-14(21)9-19-10-15-7-8-18(25-15)16-5-3-4-6-17(16)20(22)23/h3-8,13-14,19,21H,9-12H2,1-2H3. The summed E-state index contributed by atoms with van der Waals surface area (Å²) in [5.41, 5.74) is 0.743. The number of aliphatic hydroxyl groups excluding tert-OH is 1. The minimum atomic E-state index is -0.548. The first-order valence-electron chi connectivity index (χ1n) is 8.26. The van der Waals surface area contributed by atoms with Crippen molar-refractivity contribution in [3.8, 4) is 10.4 Å². The molecule has 1 heterocycles. The molecule has 0 radical (unpaired) electrons. The van der Waals surface area contributed by atoms with Crippen molar-refractivity contribution in [1.82, 2.24) is 5.32 Å². The summed E-state index contributed by atoms with van der Waals surface area (Å²) in [5, 5.41) is 24.2. The minimum absolute atomic E-state index is 0.113. The van der Waals surface area contributed by atoms with Gasteiger partial charge in [0.2, 0.25) is 0 Å². The molecule has 1 aromatic heterocycles. The summed E-state index contributed by atoms with van der Waals surface area (Å²) < 4.78 is 5.41. The van der Waals surface area contributed by atoms with Crippen molar-refractivity contribution in [2.45, 2.75) is 26.5 Å². The van der Waals surface area contributed by atoms with E-state index in [2.05, 4.69) is 19.2 Å². The number of nitro benzene ring substituents is 1. The number of hydrogen-bond donors (Lipinski definition) is 2. The molecule has 2 N–H and O–H groups in total. The zero-order valence-corrected chi connectivity index (χ0v) is 15.3. The van der Waals surface area contributed by atoms with E-state index in [1.54, 1.807) is 18.2 Å². The number of nitrogens with zero attached hydrogens (tertiary/aromatic N) is 1. The predicted molar refractivity (Wildman–Crippen MR) is 99.8 cm³/mol. The van der Waals surface area contributed by atoms with Gasteiger partial charge in [-0.25, -0.2) is 0 Å². The molecule has 136 valence electrons. The summed E-state index contributed by atoms with van der Waals surface area (Å²) in [6, 6.07) is 10.6. The fraction of sp³-hybridized carbons (Fsp3) is 0.444. The van der Waals surface area contributed by atoms with Crippen molar-refractivity contribution >= 4 is 17.0 Å². The Labute approximate surface area is 151 Å². The third kappa shape index (κ3) is 6.21. The van der Waals surface area contributed by atoms with Crippen molar-refractivity contribution in [3.63, 3.8) is 0 Å². The van der Waals surface area contributed by atoms with E-state index in [1.165, 1.54) is 17.4 Å². The molecule has 0 fully saturated rings. The van der Waals surface area contributed by atoms with Crippen molar-refractivity contribution in [3.05, 3.63) is 51.4 Å². The third-order valence-electron chi connectivity index (χ3n) is 3.47. The molecule has 0 spiro atoms. The van der Waals surface area contributed by atoms with E-state index in [0.29, 0.717) is 37.8 Å². The van der Waals surface area contributed by atoms with Crippen LogP contribution >= 0.6 is 11.3 Å². The van der Waals surface area contributed by atoms with Gasteiger partial charge >= 0.3 is 0 Å². The molecule has 6 nitrogen and oxygen atoms in total. The van der Waals surface area contributed by atoms with Crippen LogP contribution in [0.15, 0.2) is 36.4 Å². The van der Waals surface area contributed by atoms with Crippen LogP contribution in [0, 0.1) is 16.0 Å². The van der Waals surface area contributed by atoms with Gasteiger partial charge in [-0.05, 0) is 24.1 Å². The van der Waals surface area contributed by atoms with Crippen LogP contribution in [0.25, 0.3) is 10.4 Å². The van der Waals surface area contributed by atoms with Crippen LogP contribution in [0.4, 0.5) is 5.69 Å². The van der Waals surface area contributed by atoms with Gasteiger partial charge < -0.3 is 15.2 Å². The van der Waals surface area contributed by atoms with E-state index in [0.717, 1.165) is 9.75 Å². The number of hydrogen-bond acceptors (Lipinski definition) is 6. The number of para-hydroxylation sites is 1. The van der Waals surface area contributed by atoms with Crippen molar-refractivity contribution in [1.29, 1.82) is 0 Å². The number of benzene rings is 1. The number of rotatable bonds is 10. The molecule has 7 heteroatoms. The maximum atomic E-state index is 11.1. The molecule has 1 unspecified atom stereocenters. The SMILES string of the molecule is CC(C)COCC(O)CNCc1ccc(-c2ccccc2[N+](=O)[O-])s1. The van der Waals surface area contributed by atoms with Gasteiger partial charge in [0.15, 0.2) is 0 Å². The maximum Gasteiger partial charge on any atom is 0.278 e. The molecule has 0 aliphatic rings. The Kier molecular flexibility index (Phi) is 7.52. The highest BCUT2D eigenvalue weighted by Crippen LogP contribution is 2.34. The summed E-state index contributed by atoms with van der Waals surface area (Å²) in [6.07, 6.45) is -0.548. The molecule has 0 aliphatic carbocycles. The zero-order valence-electron chi connectivity index (χ0n) is 14.5. The van der Waals surface area contributed by atoms with Crippen LogP contribution in [0.2, 0.25) is 0 Å². The number of ether oxygens (including phenoxy) is 1. The molecule has 1 aromatic carbocycles. The van der Waals surface area contributed by atoms with Gasteiger partial charge in [-0.3, -0.25) is 10.1 Å². The summed E-state index contributed by atoms with van der Waals surface area (Å²) in [5.74, 6) is 0.451. The number of nitro groups is 1. The molecule has 0 bridgehead atoms. The molecule has 25 heavy (non-hydrogen) atoms. The molecule has 2 aromatic rings. The highest BCUT2D eigenvalue weighted by Gasteiger charge is 2.15. The Hall–Kier alpha value is -1.80. The topological polar surface area (TPSA) is 84.6 Å². The van der Waals surface area contributed by atoms with E-state index in [9.17, 15) is 15.2 Å². The van der Waals surface area contributed by atoms with Gasteiger partial charge in [0.1, 0.15) is 0 Å². The van der Waals surface area contributed by atoms with E-state index in [-0.39, 0.29) is 10.6 Å². The maximum absolute atomic E-state index is 11.1. The molecular formula is C18H24N2O4S. The van der Waals surface area contributed by atoms with E-state index in [4.69, 9.17) is 4.74 Å². The lowest BCUT2D eigenvalue weighted by molar-refractivity contribution is -0.384. The second-order valence-electron chi connectivity index (χ2n) is 6.26. The van der Waals surface area contributed by atoms with Gasteiger partial charge in [0, 0.05) is 35.5 Å². The first kappa shape index (κ1) is 19.5. The molecule has 0 aliphatic heterocycles. The third-order valence-corrected chi connectivity index (χ3v) is 4.59. The lowest BCUT2D eigenvalue weighted by atomic mass is 10.1. The first-order valence-corrected chi connectivity index (χ1v) is 9.08. The highest BCUT2D eigenvalue weighted by molar-refractivity contribution is 7.15. The largest absolute Gasteiger partial charge is 0.389 e. The zero-order chi connectivity index (χ0) is 18.2. The normalized spacial score (nSPS) is 12.5. The van der Waals surface area contributed by atoms with E-state index < -0.39 is 6.10 Å². The van der Waals surface area contributed by atoms with Gasteiger partial charge in [-0.1, -0.05) is 26.0 Å². The van der Waals surface area contributed by atoms with Crippen LogP contribution in [-0.2, 0) is 11.3 Å². The Morgan fingerprint density at radius 2 is 2.00 bits per heavy atom. The van der Waals surface area contributed by atoms with Crippen LogP contribution in [0.3, 0.4) is 0 Å². The quantitative estimate of drug-likeness (QED) is 0.498. The van der Waals surface area contributed by atoms with Crippen LogP contribution in [0.1, 0.15) is 18.7 Å². The van der Waals surface area contributed by atoms with Crippen LogP contribution in [-0.4, -0.2) is 35.9 Å². The predicted octanol–water partition coefficient (Wildman–Crippen LogP) is 3.45. The van der Waals surface area contributed by atoms with Gasteiger partial charge in [-0.2, -0.15) is 0 Å². The second-order valence-corrected chi connectivity index (χ2v) is 7.42. The Balaban J connectivity index is 1.85. The van der Waals surface area contributed by atoms with Crippen molar-refractivity contribution in [2.24, 2.45) is 5.92 Å². The molecule has 0 saturated carbocycles. The first-order chi connectivity index (χ1) is 12.0. The number of aliphatic hydroxyl groups is 1. The summed E-state index contributed by atoms with van der Waals surface area (Å²) >= 11 is 1.51. The number of thiophene rings is 1. The minimum Gasteiger partial charge on any atom is -0.389 e. The van der Waals surface area contributed by atoms with Crippen LogP contribution < -0.4 is 5.32 Å². The average molecular weight is 364 g/mol. The molecule has 0 saturated heterocycles. The molecule has 1 atom stereocenters. The van der Waals surface area contributed by atoms with E-state index >= 15 is 0 Å². The summed E-state index contributed by atoms with van der Waals surface area (Å²) in [6.45, 7) is 6.13. The lowest BCUT2D eigenvalue weighted by Gasteiger charge is -2.13. The van der Waals surface area contributed by atoms with Crippen LogP contribution in [0.5, 0.6) is 0 Å². The Morgan fingerprint density at radius 1 is 1.24 bits per heavy atom. The average Bonchev–Trinajstić information content (AvgIpc) is 3.03. The Morgan fingerprint density at radius 3 is 2.72 bits per heavy atom. The monoisotopic (exact) mass is 364 g/mol. The smallest absolute Gasteiger partial charge is 0.278 e. The molecule has 0 amide bonds. The van der Waals surface area contributed by atoms with Crippen molar-refractivity contribution in [2.75, 3.05) is 19.8 Å². The number of nitrogens with one attached hydrogen (secondary N) is 1.